The van der Waals surface area contributed by atoms with Gasteiger partial charge in [0.2, 0.25) is 0 Å². The van der Waals surface area contributed by atoms with Crippen LogP contribution in [0.15, 0.2) is 66.9 Å². The van der Waals surface area contributed by atoms with Crippen LogP contribution < -0.4 is 14.2 Å². The molecule has 44 heavy (non-hydrogen) atoms. The zero-order valence-corrected chi connectivity index (χ0v) is 25.0. The number of unbranched alkanes of at least 4 members (excludes halogenated alkanes) is 1. The van der Waals surface area contributed by atoms with Gasteiger partial charge in [-0.25, -0.2) is 0 Å². The van der Waals surface area contributed by atoms with Gasteiger partial charge in [-0.15, -0.1) is 0 Å². The summed E-state index contributed by atoms with van der Waals surface area (Å²) in [6.07, 6.45) is 7.67. The van der Waals surface area contributed by atoms with Gasteiger partial charge < -0.3 is 29.0 Å². The largest absolute Gasteiger partial charge is 0.496 e. The van der Waals surface area contributed by atoms with Crippen LogP contribution in [0.25, 0.3) is 23.1 Å². The Kier molecular flexibility index (Phi) is 11.2. The summed E-state index contributed by atoms with van der Waals surface area (Å²) in [5.74, 6) is -0.116. The predicted molar refractivity (Wildman–Crippen MR) is 169 cm³/mol. The normalized spacial score (nSPS) is 11.1. The molecule has 0 unspecified atom stereocenters. The Morgan fingerprint density at radius 3 is 2.20 bits per heavy atom. The summed E-state index contributed by atoms with van der Waals surface area (Å²) >= 11 is 0. The molecule has 0 aliphatic heterocycles. The molecule has 2 N–H and O–H groups in total. The highest BCUT2D eigenvalue weighted by molar-refractivity contribution is 5.99. The zero-order chi connectivity index (χ0) is 31.5. The first kappa shape index (κ1) is 31.9. The maximum atomic E-state index is 12.0. The molecular formula is C35H37NO8. The van der Waals surface area contributed by atoms with E-state index in [9.17, 15) is 19.5 Å². The highest BCUT2D eigenvalue weighted by Gasteiger charge is 2.15. The summed E-state index contributed by atoms with van der Waals surface area (Å²) < 4.78 is 18.9. The van der Waals surface area contributed by atoms with Gasteiger partial charge >= 0.3 is 11.9 Å². The van der Waals surface area contributed by atoms with Crippen LogP contribution in [0.1, 0.15) is 59.7 Å². The van der Waals surface area contributed by atoms with E-state index in [1.165, 1.54) is 14.0 Å². The number of ether oxygens (including phenoxy) is 3. The molecule has 1 aromatic heterocycles. The van der Waals surface area contributed by atoms with Crippen LogP contribution in [0.5, 0.6) is 17.2 Å². The number of carbonyl (C=O) groups excluding carboxylic acids is 1. The summed E-state index contributed by atoms with van der Waals surface area (Å²) in [6, 6.07) is 18.8. The van der Waals surface area contributed by atoms with Crippen molar-refractivity contribution in [2.24, 2.45) is 0 Å². The minimum absolute atomic E-state index is 0.0505. The van der Waals surface area contributed by atoms with Crippen molar-refractivity contribution in [1.82, 2.24) is 4.57 Å². The standard InChI is InChI=1S/C35H37NO8/c1-24(37)34-30(42-2)10-6-11-31(34)44-21-4-3-20-43-28-17-14-25(15-18-28)13-16-26-8-5-9-29-35(26)27(22-33(40)41)23-36(29)19-7-12-32(38)39/h5-6,8-11,13-18,23H,3-4,7,12,19-22H2,1-2H3,(H,38,39)(H,40,41)/b16-13+. The van der Waals surface area contributed by atoms with Crippen molar-refractivity contribution >= 4 is 40.8 Å². The smallest absolute Gasteiger partial charge is 0.307 e. The Labute approximate surface area is 256 Å². The number of methoxy groups -OCH3 is 1. The summed E-state index contributed by atoms with van der Waals surface area (Å²) in [7, 11) is 1.53. The first-order valence-corrected chi connectivity index (χ1v) is 14.5. The van der Waals surface area contributed by atoms with Crippen LogP contribution in [-0.4, -0.2) is 52.8 Å². The number of carbonyl (C=O) groups is 3. The number of hydrogen-bond acceptors (Lipinski definition) is 6. The van der Waals surface area contributed by atoms with Crippen molar-refractivity contribution < 1.29 is 38.8 Å². The van der Waals surface area contributed by atoms with Gasteiger partial charge in [-0.2, -0.15) is 0 Å². The van der Waals surface area contributed by atoms with Gasteiger partial charge in [-0.1, -0.05) is 42.5 Å². The van der Waals surface area contributed by atoms with Crippen LogP contribution in [0, 0.1) is 0 Å². The molecule has 230 valence electrons. The van der Waals surface area contributed by atoms with Crippen molar-refractivity contribution in [2.45, 2.75) is 45.6 Å². The van der Waals surface area contributed by atoms with E-state index < -0.39 is 11.9 Å². The lowest BCUT2D eigenvalue weighted by molar-refractivity contribution is -0.137. The number of fused-ring (bicyclic) bond motifs is 1. The highest BCUT2D eigenvalue weighted by Crippen LogP contribution is 2.30. The van der Waals surface area contributed by atoms with E-state index in [0.717, 1.165) is 40.6 Å². The maximum Gasteiger partial charge on any atom is 0.307 e. The van der Waals surface area contributed by atoms with Gasteiger partial charge in [-0.3, -0.25) is 14.4 Å². The number of ketones is 1. The van der Waals surface area contributed by atoms with E-state index >= 15 is 0 Å². The van der Waals surface area contributed by atoms with E-state index in [2.05, 4.69) is 0 Å². The Hall–Kier alpha value is -5.05. The van der Waals surface area contributed by atoms with Crippen molar-refractivity contribution in [3.05, 3.63) is 89.1 Å². The lowest BCUT2D eigenvalue weighted by atomic mass is 10.0. The van der Waals surface area contributed by atoms with Gasteiger partial charge in [0.15, 0.2) is 5.78 Å². The second-order valence-electron chi connectivity index (χ2n) is 10.4. The maximum absolute atomic E-state index is 12.0. The summed E-state index contributed by atoms with van der Waals surface area (Å²) in [5.41, 5.74) is 3.88. The first-order chi connectivity index (χ1) is 21.3. The molecule has 4 aromatic rings. The Morgan fingerprint density at radius 2 is 1.52 bits per heavy atom. The Morgan fingerprint density at radius 1 is 0.818 bits per heavy atom. The number of Topliss-reactive ketones (excluding diaryl/α,β-unsaturated/α-hetero) is 1. The quantitative estimate of drug-likeness (QED) is 0.0776. The molecule has 0 saturated carbocycles. The zero-order valence-electron chi connectivity index (χ0n) is 25.0. The number of benzene rings is 3. The van der Waals surface area contributed by atoms with Crippen LogP contribution >= 0.6 is 0 Å². The second kappa shape index (κ2) is 15.4. The monoisotopic (exact) mass is 599 g/mol. The molecule has 0 fully saturated rings. The summed E-state index contributed by atoms with van der Waals surface area (Å²) in [4.78, 5) is 34.5. The number of aromatic nitrogens is 1. The topological polar surface area (TPSA) is 124 Å². The third-order valence-electron chi connectivity index (χ3n) is 7.11. The molecule has 0 spiro atoms. The number of aliphatic carboxylic acids is 2. The second-order valence-corrected chi connectivity index (χ2v) is 10.4. The number of rotatable bonds is 17. The lowest BCUT2D eigenvalue weighted by Crippen LogP contribution is -2.06. The van der Waals surface area contributed by atoms with Crippen molar-refractivity contribution in [1.29, 1.82) is 0 Å². The minimum atomic E-state index is -0.921. The number of carboxylic acids is 2. The Bertz CT molecular complexity index is 1630. The van der Waals surface area contributed by atoms with Crippen LogP contribution in [0.3, 0.4) is 0 Å². The molecule has 0 bridgehead atoms. The summed E-state index contributed by atoms with van der Waals surface area (Å²) in [5, 5.41) is 19.3. The molecule has 0 atom stereocenters. The van der Waals surface area contributed by atoms with Gasteiger partial charge in [-0.05, 0) is 73.2 Å². The van der Waals surface area contributed by atoms with Gasteiger partial charge in [0.25, 0.3) is 0 Å². The van der Waals surface area contributed by atoms with Gasteiger partial charge in [0.05, 0.1) is 26.7 Å². The molecular weight excluding hydrogens is 562 g/mol. The summed E-state index contributed by atoms with van der Waals surface area (Å²) in [6.45, 7) is 2.96. The van der Waals surface area contributed by atoms with Gasteiger partial charge in [0.1, 0.15) is 22.8 Å². The SMILES string of the molecule is COc1cccc(OCCCCOc2ccc(/C=C/c3cccc4c3c(CC(=O)O)cn4CCCC(=O)O)cc2)c1C(C)=O. The highest BCUT2D eigenvalue weighted by atomic mass is 16.5. The van der Waals surface area contributed by atoms with Gasteiger partial charge in [0, 0.05) is 30.1 Å². The number of nitrogens with zero attached hydrogens (tertiary/aromatic N) is 1. The van der Waals surface area contributed by atoms with Crippen LogP contribution in [-0.2, 0) is 22.6 Å². The number of carboxylic acid groups (broad SMARTS) is 2. The molecule has 3 aromatic carbocycles. The van der Waals surface area contributed by atoms with Crippen molar-refractivity contribution in [3.8, 4) is 17.2 Å². The molecule has 0 amide bonds. The van der Waals surface area contributed by atoms with Crippen molar-refractivity contribution in [2.75, 3.05) is 20.3 Å². The third-order valence-corrected chi connectivity index (χ3v) is 7.11. The minimum Gasteiger partial charge on any atom is -0.496 e. The lowest BCUT2D eigenvalue weighted by Gasteiger charge is -2.13. The molecule has 4 rings (SSSR count). The fourth-order valence-corrected chi connectivity index (χ4v) is 5.08. The average molecular weight is 600 g/mol. The molecule has 0 radical (unpaired) electrons. The van der Waals surface area contributed by atoms with E-state index in [4.69, 9.17) is 19.3 Å². The molecule has 1 heterocycles. The average Bonchev–Trinajstić information content (AvgIpc) is 3.34. The van der Waals surface area contributed by atoms with E-state index in [0.29, 0.717) is 48.8 Å². The fourth-order valence-electron chi connectivity index (χ4n) is 5.08. The number of hydrogen-bond donors (Lipinski definition) is 2. The molecule has 0 saturated heterocycles. The molecule has 0 aliphatic rings. The fraction of sp³-hybridized carbons (Fsp3) is 0.286. The van der Waals surface area contributed by atoms with Crippen molar-refractivity contribution in [3.63, 3.8) is 0 Å². The molecule has 9 heteroatoms. The van der Waals surface area contributed by atoms with Crippen LogP contribution in [0.4, 0.5) is 0 Å². The molecule has 0 aliphatic carbocycles. The third kappa shape index (κ3) is 8.50. The van der Waals surface area contributed by atoms with E-state index in [1.54, 1.807) is 18.2 Å². The van der Waals surface area contributed by atoms with E-state index in [1.807, 2.05) is 65.4 Å². The predicted octanol–water partition coefficient (Wildman–Crippen LogP) is 6.75. The molecule has 9 nitrogen and oxygen atoms in total. The number of aryl methyl sites for hydroxylation is 1. The first-order valence-electron chi connectivity index (χ1n) is 14.5. The van der Waals surface area contributed by atoms with E-state index in [-0.39, 0.29) is 18.6 Å². The Balaban J connectivity index is 1.33. The van der Waals surface area contributed by atoms with Crippen LogP contribution in [0.2, 0.25) is 0 Å².